The number of rotatable bonds is 2. The zero-order chi connectivity index (χ0) is 13.3. The molecule has 2 rings (SSSR count). The van der Waals surface area contributed by atoms with E-state index in [4.69, 9.17) is 10.2 Å². The molecule has 1 amide bonds. The zero-order valence-electron chi connectivity index (χ0n) is 8.84. The summed E-state index contributed by atoms with van der Waals surface area (Å²) < 4.78 is 31.5. The van der Waals surface area contributed by atoms with Gasteiger partial charge in [-0.1, -0.05) is 0 Å². The Hall–Kier alpha value is -1.89. The van der Waals surface area contributed by atoms with Gasteiger partial charge in [0.15, 0.2) is 16.3 Å². The van der Waals surface area contributed by atoms with Crippen LogP contribution in [0.4, 0.5) is 20.2 Å². The number of nitrogens with two attached hydrogens (primary N) is 1. The van der Waals surface area contributed by atoms with Gasteiger partial charge in [0.2, 0.25) is 0 Å². The van der Waals surface area contributed by atoms with Crippen molar-refractivity contribution in [2.45, 2.75) is 0 Å². The van der Waals surface area contributed by atoms with Gasteiger partial charge in [0.25, 0.3) is 5.91 Å². The number of anilines is 2. The summed E-state index contributed by atoms with van der Waals surface area (Å²) >= 11 is 3.01. The average molecular weight is 317 g/mol. The van der Waals surface area contributed by atoms with E-state index < -0.39 is 23.2 Å². The third kappa shape index (κ3) is 2.21. The van der Waals surface area contributed by atoms with Crippen molar-refractivity contribution in [3.05, 3.63) is 46.3 Å². The molecule has 7 heteroatoms. The van der Waals surface area contributed by atoms with E-state index in [9.17, 15) is 13.6 Å². The van der Waals surface area contributed by atoms with Crippen molar-refractivity contribution in [2.24, 2.45) is 0 Å². The van der Waals surface area contributed by atoms with Crippen molar-refractivity contribution < 1.29 is 18.0 Å². The second-order valence-electron chi connectivity index (χ2n) is 3.39. The van der Waals surface area contributed by atoms with Gasteiger partial charge < -0.3 is 15.5 Å². The summed E-state index contributed by atoms with van der Waals surface area (Å²) in [4.78, 5) is 11.8. The van der Waals surface area contributed by atoms with Crippen LogP contribution >= 0.6 is 15.9 Å². The Morgan fingerprint density at radius 2 is 2.06 bits per heavy atom. The molecule has 0 fully saturated rings. The number of furan rings is 1. The molecule has 2 aromatic rings. The maximum Gasteiger partial charge on any atom is 0.260 e. The molecule has 0 atom stereocenters. The molecule has 18 heavy (non-hydrogen) atoms. The predicted molar refractivity (Wildman–Crippen MR) is 65.1 cm³/mol. The third-order valence-corrected chi connectivity index (χ3v) is 2.84. The van der Waals surface area contributed by atoms with E-state index in [0.717, 1.165) is 6.07 Å². The highest BCUT2D eigenvalue weighted by molar-refractivity contribution is 9.10. The van der Waals surface area contributed by atoms with Crippen LogP contribution in [-0.4, -0.2) is 5.91 Å². The van der Waals surface area contributed by atoms with Gasteiger partial charge in [0, 0.05) is 0 Å². The molecule has 1 aromatic heterocycles. The second kappa shape index (κ2) is 4.77. The fraction of sp³-hybridized carbons (Fsp3) is 0. The number of hydrogen-bond acceptors (Lipinski definition) is 3. The molecular formula is C11H7BrF2N2O2. The first-order chi connectivity index (χ1) is 8.50. The maximum absolute atomic E-state index is 13.5. The van der Waals surface area contributed by atoms with Crippen molar-refractivity contribution in [1.82, 2.24) is 0 Å². The molecule has 0 unspecified atom stereocenters. The van der Waals surface area contributed by atoms with Gasteiger partial charge >= 0.3 is 0 Å². The number of nitrogens with one attached hydrogen (secondary N) is 1. The van der Waals surface area contributed by atoms with E-state index in [1.165, 1.54) is 18.4 Å². The first kappa shape index (κ1) is 12.6. The summed E-state index contributed by atoms with van der Waals surface area (Å²) in [6, 6.07) is 3.43. The highest BCUT2D eigenvalue weighted by Gasteiger charge is 2.18. The molecule has 0 aliphatic heterocycles. The smallest absolute Gasteiger partial charge is 0.260 e. The largest absolute Gasteiger partial charge is 0.457 e. The standard InChI is InChI=1S/C11H7BrF2N2O2/c12-10-5(3-4-18-10)11(17)16-9-7(15)2-1-6(13)8(9)14/h1-4H,15H2,(H,16,17). The first-order valence-electron chi connectivity index (χ1n) is 4.78. The van der Waals surface area contributed by atoms with E-state index in [0.29, 0.717) is 0 Å². The van der Waals surface area contributed by atoms with E-state index >= 15 is 0 Å². The van der Waals surface area contributed by atoms with Crippen molar-refractivity contribution in [3.63, 3.8) is 0 Å². The molecule has 0 aliphatic rings. The van der Waals surface area contributed by atoms with Crippen LogP contribution in [0.2, 0.25) is 0 Å². The van der Waals surface area contributed by atoms with Crippen LogP contribution in [0.1, 0.15) is 10.4 Å². The minimum absolute atomic E-state index is 0.0677. The summed E-state index contributed by atoms with van der Waals surface area (Å²) in [5.41, 5.74) is 5.16. The molecule has 94 valence electrons. The minimum Gasteiger partial charge on any atom is -0.457 e. The van der Waals surface area contributed by atoms with Crippen LogP contribution < -0.4 is 11.1 Å². The number of carbonyl (C=O) groups is 1. The van der Waals surface area contributed by atoms with Crippen LogP contribution in [0.25, 0.3) is 0 Å². The monoisotopic (exact) mass is 316 g/mol. The summed E-state index contributed by atoms with van der Waals surface area (Å²) in [5, 5.41) is 2.19. The minimum atomic E-state index is -1.21. The molecule has 0 bridgehead atoms. The second-order valence-corrected chi connectivity index (χ2v) is 4.11. The molecule has 4 nitrogen and oxygen atoms in total. The number of hydrogen-bond donors (Lipinski definition) is 2. The molecular weight excluding hydrogens is 310 g/mol. The fourth-order valence-electron chi connectivity index (χ4n) is 1.33. The fourth-order valence-corrected chi connectivity index (χ4v) is 1.75. The summed E-state index contributed by atoms with van der Waals surface area (Å²) in [6.45, 7) is 0. The Kier molecular flexibility index (Phi) is 3.33. The van der Waals surface area contributed by atoms with Gasteiger partial charge in [0.1, 0.15) is 5.69 Å². The number of carbonyl (C=O) groups excluding carboxylic acids is 1. The number of benzene rings is 1. The van der Waals surface area contributed by atoms with Crippen LogP contribution in [0, 0.1) is 11.6 Å². The molecule has 0 saturated carbocycles. The number of halogens is 3. The lowest BCUT2D eigenvalue weighted by atomic mass is 10.2. The van der Waals surface area contributed by atoms with E-state index in [2.05, 4.69) is 21.2 Å². The van der Waals surface area contributed by atoms with Crippen LogP contribution in [0.3, 0.4) is 0 Å². The SMILES string of the molecule is Nc1ccc(F)c(F)c1NC(=O)c1ccoc1Br. The topological polar surface area (TPSA) is 68.3 Å². The Bertz CT molecular complexity index is 613. The van der Waals surface area contributed by atoms with Gasteiger partial charge in [0.05, 0.1) is 17.5 Å². The Labute approximate surface area is 109 Å². The van der Waals surface area contributed by atoms with Crippen molar-refractivity contribution in [2.75, 3.05) is 11.1 Å². The zero-order valence-corrected chi connectivity index (χ0v) is 10.4. The Morgan fingerprint density at radius 1 is 1.33 bits per heavy atom. The van der Waals surface area contributed by atoms with Gasteiger partial charge in [-0.15, -0.1) is 0 Å². The lowest BCUT2D eigenvalue weighted by Gasteiger charge is -2.08. The van der Waals surface area contributed by atoms with E-state index in [-0.39, 0.29) is 15.9 Å². The van der Waals surface area contributed by atoms with Crippen molar-refractivity contribution in [1.29, 1.82) is 0 Å². The number of amides is 1. The molecule has 1 heterocycles. The Balaban J connectivity index is 2.33. The molecule has 0 radical (unpaired) electrons. The highest BCUT2D eigenvalue weighted by atomic mass is 79.9. The van der Waals surface area contributed by atoms with Gasteiger partial charge in [-0.25, -0.2) is 8.78 Å². The van der Waals surface area contributed by atoms with Gasteiger partial charge in [-0.2, -0.15) is 0 Å². The summed E-state index contributed by atoms with van der Waals surface area (Å²) in [6.07, 6.45) is 1.28. The normalized spacial score (nSPS) is 10.4. The molecule has 3 N–H and O–H groups in total. The lowest BCUT2D eigenvalue weighted by molar-refractivity contribution is 0.102. The molecule has 1 aromatic carbocycles. The molecule has 0 aliphatic carbocycles. The van der Waals surface area contributed by atoms with Crippen LogP contribution in [0.15, 0.2) is 33.5 Å². The highest BCUT2D eigenvalue weighted by Crippen LogP contribution is 2.26. The van der Waals surface area contributed by atoms with E-state index in [1.54, 1.807) is 0 Å². The Morgan fingerprint density at radius 3 is 2.67 bits per heavy atom. The third-order valence-electron chi connectivity index (χ3n) is 2.23. The summed E-state index contributed by atoms with van der Waals surface area (Å²) in [7, 11) is 0. The molecule has 0 spiro atoms. The first-order valence-corrected chi connectivity index (χ1v) is 5.58. The predicted octanol–water partition coefficient (Wildman–Crippen LogP) is 3.15. The van der Waals surface area contributed by atoms with Crippen LogP contribution in [0.5, 0.6) is 0 Å². The van der Waals surface area contributed by atoms with Crippen LogP contribution in [-0.2, 0) is 0 Å². The van der Waals surface area contributed by atoms with Gasteiger partial charge in [-0.05, 0) is 34.1 Å². The average Bonchev–Trinajstić information content (AvgIpc) is 2.76. The maximum atomic E-state index is 13.5. The quantitative estimate of drug-likeness (QED) is 0.836. The summed E-state index contributed by atoms with van der Waals surface area (Å²) in [5.74, 6) is -2.96. The molecule has 0 saturated heterocycles. The van der Waals surface area contributed by atoms with Crippen molar-refractivity contribution >= 4 is 33.2 Å². The lowest BCUT2D eigenvalue weighted by Crippen LogP contribution is -2.14. The number of nitrogen functional groups attached to an aromatic ring is 1. The van der Waals surface area contributed by atoms with Crippen molar-refractivity contribution in [3.8, 4) is 0 Å². The van der Waals surface area contributed by atoms with Gasteiger partial charge in [-0.3, -0.25) is 4.79 Å². The van der Waals surface area contributed by atoms with E-state index in [1.807, 2.05) is 0 Å².